The third-order valence-electron chi connectivity index (χ3n) is 2.89. The van der Waals surface area contributed by atoms with E-state index in [0.717, 1.165) is 29.5 Å². The Hall–Kier alpha value is -1.20. The molecule has 0 radical (unpaired) electrons. The molecule has 2 aromatic rings. The van der Waals surface area contributed by atoms with Gasteiger partial charge < -0.3 is 14.1 Å². The molecule has 0 saturated heterocycles. The molecule has 5 heteroatoms. The molecular weight excluding hydrogens is 248 g/mol. The summed E-state index contributed by atoms with van der Waals surface area (Å²) >= 11 is 1.78. The molecule has 98 valence electrons. The first-order chi connectivity index (χ1) is 8.76. The summed E-state index contributed by atoms with van der Waals surface area (Å²) in [6.07, 6.45) is 6.63. The maximum atomic E-state index is 9.51. The van der Waals surface area contributed by atoms with Crippen molar-refractivity contribution in [2.24, 2.45) is 0 Å². The van der Waals surface area contributed by atoms with Gasteiger partial charge in [-0.3, -0.25) is 0 Å². The lowest BCUT2D eigenvalue weighted by Gasteiger charge is -2.17. The average Bonchev–Trinajstić information content (AvgIpc) is 2.99. The number of aliphatic hydroxyl groups is 1. The van der Waals surface area contributed by atoms with Crippen LogP contribution in [-0.2, 0) is 0 Å². The third-order valence-corrected chi connectivity index (χ3v) is 3.53. The minimum atomic E-state index is 0.0559. The van der Waals surface area contributed by atoms with Gasteiger partial charge in [0.2, 0.25) is 0 Å². The van der Waals surface area contributed by atoms with Crippen molar-refractivity contribution in [1.29, 1.82) is 0 Å². The Labute approximate surface area is 111 Å². The molecule has 18 heavy (non-hydrogen) atoms. The molecule has 4 nitrogen and oxygen atoms in total. The standard InChI is InChI=1S/C13H18N2O2S/c1-10-3-4-12(17-10)13-14-6-7-15(13)11(9-16)5-8-18-2/h3-4,6-7,11,16H,5,8-9H2,1-2H3/t11-/m0/s1. The van der Waals surface area contributed by atoms with Crippen LogP contribution in [0.3, 0.4) is 0 Å². The van der Waals surface area contributed by atoms with Gasteiger partial charge in [0.25, 0.3) is 0 Å². The number of furan rings is 1. The zero-order chi connectivity index (χ0) is 13.0. The summed E-state index contributed by atoms with van der Waals surface area (Å²) in [6.45, 7) is 2.03. The highest BCUT2D eigenvalue weighted by Crippen LogP contribution is 2.25. The maximum absolute atomic E-state index is 9.51. The Balaban J connectivity index is 2.25. The summed E-state index contributed by atoms with van der Waals surface area (Å²) in [4.78, 5) is 4.33. The van der Waals surface area contributed by atoms with Crippen molar-refractivity contribution in [2.45, 2.75) is 19.4 Å². The van der Waals surface area contributed by atoms with Crippen LogP contribution in [0.4, 0.5) is 0 Å². The van der Waals surface area contributed by atoms with E-state index in [2.05, 4.69) is 11.2 Å². The number of imidazole rings is 1. The highest BCUT2D eigenvalue weighted by molar-refractivity contribution is 7.98. The van der Waals surface area contributed by atoms with E-state index in [1.807, 2.05) is 29.8 Å². The zero-order valence-corrected chi connectivity index (χ0v) is 11.5. The van der Waals surface area contributed by atoms with Crippen molar-refractivity contribution >= 4 is 11.8 Å². The molecule has 0 aromatic carbocycles. The third kappa shape index (κ3) is 2.79. The number of aromatic nitrogens is 2. The average molecular weight is 266 g/mol. The minimum Gasteiger partial charge on any atom is -0.458 e. The van der Waals surface area contributed by atoms with Crippen LogP contribution < -0.4 is 0 Å². The van der Waals surface area contributed by atoms with E-state index in [4.69, 9.17) is 4.42 Å². The van der Waals surface area contributed by atoms with Crippen molar-refractivity contribution in [1.82, 2.24) is 9.55 Å². The lowest BCUT2D eigenvalue weighted by atomic mass is 10.2. The fraction of sp³-hybridized carbons (Fsp3) is 0.462. The van der Waals surface area contributed by atoms with Crippen LogP contribution in [0.25, 0.3) is 11.6 Å². The van der Waals surface area contributed by atoms with Crippen molar-refractivity contribution in [3.8, 4) is 11.6 Å². The van der Waals surface area contributed by atoms with Gasteiger partial charge in [0.1, 0.15) is 5.76 Å². The molecule has 0 unspecified atom stereocenters. The van der Waals surface area contributed by atoms with E-state index in [1.165, 1.54) is 0 Å². The van der Waals surface area contributed by atoms with Gasteiger partial charge in [-0.1, -0.05) is 0 Å². The highest BCUT2D eigenvalue weighted by atomic mass is 32.2. The highest BCUT2D eigenvalue weighted by Gasteiger charge is 2.16. The van der Waals surface area contributed by atoms with Crippen LogP contribution >= 0.6 is 11.8 Å². The molecule has 1 atom stereocenters. The Morgan fingerprint density at radius 3 is 2.94 bits per heavy atom. The molecule has 0 aliphatic rings. The fourth-order valence-corrected chi connectivity index (χ4v) is 2.43. The molecule has 0 aliphatic carbocycles. The Morgan fingerprint density at radius 1 is 1.50 bits per heavy atom. The molecular formula is C13H18N2O2S. The van der Waals surface area contributed by atoms with Crippen LogP contribution in [0.2, 0.25) is 0 Å². The smallest absolute Gasteiger partial charge is 0.176 e. The first-order valence-corrected chi connectivity index (χ1v) is 7.35. The van der Waals surface area contributed by atoms with Gasteiger partial charge in [0.05, 0.1) is 12.6 Å². The number of aliphatic hydroxyl groups excluding tert-OH is 1. The Morgan fingerprint density at radius 2 is 2.33 bits per heavy atom. The van der Waals surface area contributed by atoms with Crippen LogP contribution in [0.15, 0.2) is 28.9 Å². The molecule has 0 aliphatic heterocycles. The van der Waals surface area contributed by atoms with Crippen LogP contribution in [0.5, 0.6) is 0 Å². The van der Waals surface area contributed by atoms with Crippen molar-refractivity contribution in [2.75, 3.05) is 18.6 Å². The van der Waals surface area contributed by atoms with Gasteiger partial charge in [-0.25, -0.2) is 4.98 Å². The normalized spacial score (nSPS) is 12.8. The van der Waals surface area contributed by atoms with Gasteiger partial charge >= 0.3 is 0 Å². The predicted molar refractivity (Wildman–Crippen MR) is 73.8 cm³/mol. The Kier molecular flexibility index (Phi) is 4.49. The molecule has 0 bridgehead atoms. The summed E-state index contributed by atoms with van der Waals surface area (Å²) in [6, 6.07) is 3.89. The molecule has 1 N–H and O–H groups in total. The summed E-state index contributed by atoms with van der Waals surface area (Å²) in [5.74, 6) is 3.41. The maximum Gasteiger partial charge on any atom is 0.176 e. The number of thioether (sulfide) groups is 1. The number of hydrogen-bond donors (Lipinski definition) is 1. The second-order valence-electron chi connectivity index (χ2n) is 4.19. The lowest BCUT2D eigenvalue weighted by molar-refractivity contribution is 0.226. The largest absolute Gasteiger partial charge is 0.458 e. The number of aryl methyl sites for hydroxylation is 1. The van der Waals surface area contributed by atoms with Gasteiger partial charge in [-0.15, -0.1) is 0 Å². The van der Waals surface area contributed by atoms with Gasteiger partial charge in [-0.05, 0) is 37.5 Å². The summed E-state index contributed by atoms with van der Waals surface area (Å²) in [5, 5.41) is 9.51. The predicted octanol–water partition coefficient (Wildman–Crippen LogP) is 2.74. The SMILES string of the molecule is CSCC[C@@H](CO)n1ccnc1-c1ccc(C)o1. The van der Waals surface area contributed by atoms with E-state index in [0.29, 0.717) is 0 Å². The second-order valence-corrected chi connectivity index (χ2v) is 5.17. The molecule has 2 rings (SSSR count). The van der Waals surface area contributed by atoms with Gasteiger partial charge in [0, 0.05) is 12.4 Å². The topological polar surface area (TPSA) is 51.2 Å². The first-order valence-electron chi connectivity index (χ1n) is 5.95. The minimum absolute atomic E-state index is 0.0559. The van der Waals surface area contributed by atoms with Crippen LogP contribution in [0, 0.1) is 6.92 Å². The van der Waals surface area contributed by atoms with Crippen molar-refractivity contribution in [3.63, 3.8) is 0 Å². The van der Waals surface area contributed by atoms with Crippen LogP contribution in [-0.4, -0.2) is 33.3 Å². The van der Waals surface area contributed by atoms with E-state index in [9.17, 15) is 5.11 Å². The van der Waals surface area contributed by atoms with Gasteiger partial charge in [-0.2, -0.15) is 11.8 Å². The van der Waals surface area contributed by atoms with Crippen molar-refractivity contribution < 1.29 is 9.52 Å². The lowest BCUT2D eigenvalue weighted by Crippen LogP contribution is -2.14. The van der Waals surface area contributed by atoms with E-state index in [1.54, 1.807) is 18.0 Å². The summed E-state index contributed by atoms with van der Waals surface area (Å²) in [5.41, 5.74) is 0. The fourth-order valence-electron chi connectivity index (χ4n) is 1.93. The number of nitrogens with zero attached hydrogens (tertiary/aromatic N) is 2. The first kappa shape index (κ1) is 13.2. The second kappa shape index (κ2) is 6.11. The Bertz CT molecular complexity index is 493. The molecule has 0 saturated carbocycles. The van der Waals surface area contributed by atoms with Crippen molar-refractivity contribution in [3.05, 3.63) is 30.3 Å². The molecule has 0 fully saturated rings. The monoisotopic (exact) mass is 266 g/mol. The number of rotatable bonds is 6. The molecule has 0 amide bonds. The van der Waals surface area contributed by atoms with Gasteiger partial charge in [0.15, 0.2) is 11.6 Å². The molecule has 2 heterocycles. The zero-order valence-electron chi connectivity index (χ0n) is 10.7. The molecule has 2 aromatic heterocycles. The van der Waals surface area contributed by atoms with Crippen LogP contribution in [0.1, 0.15) is 18.2 Å². The van der Waals surface area contributed by atoms with E-state index in [-0.39, 0.29) is 12.6 Å². The van der Waals surface area contributed by atoms with E-state index >= 15 is 0 Å². The van der Waals surface area contributed by atoms with E-state index < -0.39 is 0 Å². The molecule has 0 spiro atoms. The number of hydrogen-bond acceptors (Lipinski definition) is 4. The summed E-state index contributed by atoms with van der Waals surface area (Å²) in [7, 11) is 0. The quantitative estimate of drug-likeness (QED) is 0.873. The summed E-state index contributed by atoms with van der Waals surface area (Å²) < 4.78 is 7.59.